The smallest absolute Gasteiger partial charge is 0.251 e. The minimum absolute atomic E-state index is 0.0611. The van der Waals surface area contributed by atoms with Crippen molar-refractivity contribution in [2.45, 2.75) is 33.2 Å². The molecule has 0 spiro atoms. The zero-order valence-electron chi connectivity index (χ0n) is 15.5. The zero-order chi connectivity index (χ0) is 18.9. The Balaban J connectivity index is 1.86. The molecular formula is C21H26N2O3. The molecule has 26 heavy (non-hydrogen) atoms. The van der Waals surface area contributed by atoms with E-state index in [1.807, 2.05) is 45.0 Å². The van der Waals surface area contributed by atoms with E-state index in [9.17, 15) is 9.59 Å². The van der Waals surface area contributed by atoms with Crippen LogP contribution in [0.3, 0.4) is 0 Å². The second kappa shape index (κ2) is 9.61. The maximum Gasteiger partial charge on any atom is 0.251 e. The molecule has 2 aromatic rings. The Hall–Kier alpha value is -2.82. The summed E-state index contributed by atoms with van der Waals surface area (Å²) in [6.45, 7) is 6.46. The molecule has 0 saturated heterocycles. The van der Waals surface area contributed by atoms with E-state index in [2.05, 4.69) is 10.6 Å². The van der Waals surface area contributed by atoms with Gasteiger partial charge in [-0.05, 0) is 50.1 Å². The highest BCUT2D eigenvalue weighted by molar-refractivity contribution is 5.96. The third-order valence-corrected chi connectivity index (χ3v) is 4.06. The Morgan fingerprint density at radius 3 is 2.23 bits per heavy atom. The molecule has 0 aliphatic heterocycles. The van der Waals surface area contributed by atoms with Crippen molar-refractivity contribution in [3.05, 3.63) is 65.2 Å². The number of hydrogen-bond acceptors (Lipinski definition) is 3. The van der Waals surface area contributed by atoms with Crippen LogP contribution in [0.2, 0.25) is 0 Å². The molecule has 0 unspecified atom stereocenters. The van der Waals surface area contributed by atoms with Crippen LogP contribution in [0.1, 0.15) is 47.8 Å². The Morgan fingerprint density at radius 2 is 1.65 bits per heavy atom. The normalized spacial score (nSPS) is 11.5. The van der Waals surface area contributed by atoms with Gasteiger partial charge in [0, 0.05) is 5.56 Å². The van der Waals surface area contributed by atoms with Gasteiger partial charge in [0.1, 0.15) is 5.75 Å². The van der Waals surface area contributed by atoms with Crippen molar-refractivity contribution in [2.75, 3.05) is 13.2 Å². The summed E-state index contributed by atoms with van der Waals surface area (Å²) in [6, 6.07) is 14.9. The Labute approximate surface area is 154 Å². The summed E-state index contributed by atoms with van der Waals surface area (Å²) in [5.74, 6) is 0.217. The molecule has 2 N–H and O–H groups in total. The van der Waals surface area contributed by atoms with Gasteiger partial charge in [-0.1, -0.05) is 36.8 Å². The second-order valence-electron chi connectivity index (χ2n) is 6.08. The molecule has 0 saturated carbocycles. The molecule has 1 atom stereocenters. The zero-order valence-corrected chi connectivity index (χ0v) is 15.5. The monoisotopic (exact) mass is 354 g/mol. The van der Waals surface area contributed by atoms with Crippen molar-refractivity contribution in [1.29, 1.82) is 0 Å². The van der Waals surface area contributed by atoms with Gasteiger partial charge in [0.15, 0.2) is 0 Å². The second-order valence-corrected chi connectivity index (χ2v) is 6.08. The van der Waals surface area contributed by atoms with Gasteiger partial charge in [-0.25, -0.2) is 0 Å². The highest BCUT2D eigenvalue weighted by Crippen LogP contribution is 2.17. The number of rotatable bonds is 8. The third kappa shape index (κ3) is 5.62. The molecule has 5 nitrogen and oxygen atoms in total. The van der Waals surface area contributed by atoms with E-state index >= 15 is 0 Å². The summed E-state index contributed by atoms with van der Waals surface area (Å²) >= 11 is 0. The highest BCUT2D eigenvalue weighted by Gasteiger charge is 2.14. The summed E-state index contributed by atoms with van der Waals surface area (Å²) < 4.78 is 5.35. The Morgan fingerprint density at radius 1 is 1.00 bits per heavy atom. The summed E-state index contributed by atoms with van der Waals surface area (Å²) in [5, 5.41) is 5.61. The predicted octanol–water partition coefficient (Wildman–Crippen LogP) is 3.39. The minimum atomic E-state index is -0.286. The number of benzene rings is 2. The molecule has 2 amide bonds. The molecular weight excluding hydrogens is 328 g/mol. The van der Waals surface area contributed by atoms with E-state index in [4.69, 9.17) is 4.74 Å². The van der Waals surface area contributed by atoms with Crippen molar-refractivity contribution >= 4 is 11.8 Å². The fourth-order valence-corrected chi connectivity index (χ4v) is 2.60. The van der Waals surface area contributed by atoms with E-state index in [-0.39, 0.29) is 24.4 Å². The van der Waals surface area contributed by atoms with Gasteiger partial charge in [-0.2, -0.15) is 0 Å². The first-order valence-corrected chi connectivity index (χ1v) is 8.90. The lowest BCUT2D eigenvalue weighted by atomic mass is 10.0. The molecule has 0 fully saturated rings. The van der Waals surface area contributed by atoms with Crippen LogP contribution in [0.4, 0.5) is 0 Å². The first-order chi connectivity index (χ1) is 12.5. The number of carbonyl (C=O) groups excluding carboxylic acids is 2. The first-order valence-electron chi connectivity index (χ1n) is 8.90. The standard InChI is InChI=1S/C21H26N2O3/c1-4-19(16-8-6-15(3)7-9-16)23-20(24)14-22-21(25)17-10-12-18(13-11-17)26-5-2/h6-13,19H,4-5,14H2,1-3H3,(H,22,25)(H,23,24)/t19-/m1/s1. The Bertz CT molecular complexity index is 724. The highest BCUT2D eigenvalue weighted by atomic mass is 16.5. The van der Waals surface area contributed by atoms with E-state index in [1.54, 1.807) is 24.3 Å². The van der Waals surface area contributed by atoms with Crippen molar-refractivity contribution in [2.24, 2.45) is 0 Å². The lowest BCUT2D eigenvalue weighted by Gasteiger charge is -2.18. The minimum Gasteiger partial charge on any atom is -0.494 e. The van der Waals surface area contributed by atoms with Crippen LogP contribution in [-0.4, -0.2) is 25.0 Å². The molecule has 0 radical (unpaired) electrons. The van der Waals surface area contributed by atoms with E-state index in [1.165, 1.54) is 5.56 Å². The Kier molecular flexibility index (Phi) is 7.21. The van der Waals surface area contributed by atoms with Gasteiger partial charge in [0.2, 0.25) is 5.91 Å². The summed E-state index contributed by atoms with van der Waals surface area (Å²) in [6.07, 6.45) is 0.779. The summed E-state index contributed by atoms with van der Waals surface area (Å²) in [4.78, 5) is 24.3. The number of aryl methyl sites for hydroxylation is 1. The molecule has 0 aliphatic carbocycles. The molecule has 2 aromatic carbocycles. The third-order valence-electron chi connectivity index (χ3n) is 4.06. The van der Waals surface area contributed by atoms with Crippen molar-refractivity contribution < 1.29 is 14.3 Å². The molecule has 0 aliphatic rings. The van der Waals surface area contributed by atoms with Crippen LogP contribution in [0.15, 0.2) is 48.5 Å². The number of hydrogen-bond donors (Lipinski definition) is 2. The molecule has 5 heteroatoms. The first kappa shape index (κ1) is 19.5. The van der Waals surface area contributed by atoms with Crippen molar-refractivity contribution in [3.63, 3.8) is 0 Å². The van der Waals surface area contributed by atoms with Gasteiger partial charge < -0.3 is 15.4 Å². The van der Waals surface area contributed by atoms with Gasteiger partial charge in [0.05, 0.1) is 19.2 Å². The summed E-state index contributed by atoms with van der Waals surface area (Å²) in [7, 11) is 0. The lowest BCUT2D eigenvalue weighted by molar-refractivity contribution is -0.120. The van der Waals surface area contributed by atoms with E-state index in [0.717, 1.165) is 12.0 Å². The molecule has 2 rings (SSSR count). The molecule has 0 aromatic heterocycles. The maximum atomic E-state index is 12.2. The predicted molar refractivity (Wildman–Crippen MR) is 102 cm³/mol. The van der Waals surface area contributed by atoms with Crippen LogP contribution in [0.25, 0.3) is 0 Å². The number of carbonyl (C=O) groups is 2. The topological polar surface area (TPSA) is 67.4 Å². The SMILES string of the molecule is CCOc1ccc(C(=O)NCC(=O)N[C@H](CC)c2ccc(C)cc2)cc1. The van der Waals surface area contributed by atoms with Crippen molar-refractivity contribution in [3.8, 4) is 5.75 Å². The molecule has 0 heterocycles. The van der Waals surface area contributed by atoms with Crippen LogP contribution in [0, 0.1) is 6.92 Å². The van der Waals surface area contributed by atoms with Gasteiger partial charge in [-0.15, -0.1) is 0 Å². The maximum absolute atomic E-state index is 12.2. The number of ether oxygens (including phenoxy) is 1. The quantitative estimate of drug-likeness (QED) is 0.763. The van der Waals surface area contributed by atoms with Gasteiger partial charge in [-0.3, -0.25) is 9.59 Å². The number of nitrogens with one attached hydrogen (secondary N) is 2. The number of amides is 2. The fraction of sp³-hybridized carbons (Fsp3) is 0.333. The van der Waals surface area contributed by atoms with Crippen LogP contribution in [0.5, 0.6) is 5.75 Å². The van der Waals surface area contributed by atoms with Gasteiger partial charge >= 0.3 is 0 Å². The average molecular weight is 354 g/mol. The van der Waals surface area contributed by atoms with Crippen LogP contribution < -0.4 is 15.4 Å². The van der Waals surface area contributed by atoms with Crippen LogP contribution >= 0.6 is 0 Å². The van der Waals surface area contributed by atoms with Crippen LogP contribution in [-0.2, 0) is 4.79 Å². The molecule has 138 valence electrons. The fourth-order valence-electron chi connectivity index (χ4n) is 2.60. The van der Waals surface area contributed by atoms with Crippen molar-refractivity contribution in [1.82, 2.24) is 10.6 Å². The van der Waals surface area contributed by atoms with E-state index in [0.29, 0.717) is 17.9 Å². The van der Waals surface area contributed by atoms with E-state index < -0.39 is 0 Å². The largest absolute Gasteiger partial charge is 0.494 e. The molecule has 0 bridgehead atoms. The van der Waals surface area contributed by atoms with Gasteiger partial charge in [0.25, 0.3) is 5.91 Å². The average Bonchev–Trinajstić information content (AvgIpc) is 2.66. The summed E-state index contributed by atoms with van der Waals surface area (Å²) in [5.41, 5.74) is 2.73. The lowest BCUT2D eigenvalue weighted by Crippen LogP contribution is -2.38.